The number of amides is 2. The monoisotopic (exact) mass is 674 g/mol. The first-order chi connectivity index (χ1) is 23.3. The molecule has 1 aliphatic heterocycles. The fourth-order valence-electron chi connectivity index (χ4n) is 6.66. The maximum atomic E-state index is 13.5. The highest BCUT2D eigenvalue weighted by atomic mass is 32.2. The summed E-state index contributed by atoms with van der Waals surface area (Å²) in [7, 11) is -2.00. The van der Waals surface area contributed by atoms with E-state index in [1.165, 1.54) is 10.7 Å². The van der Waals surface area contributed by atoms with Crippen molar-refractivity contribution < 1.29 is 22.7 Å². The van der Waals surface area contributed by atoms with Gasteiger partial charge in [-0.05, 0) is 86.0 Å². The van der Waals surface area contributed by atoms with Gasteiger partial charge in [-0.2, -0.15) is 0 Å². The van der Waals surface area contributed by atoms with Crippen molar-refractivity contribution in [2.24, 2.45) is 0 Å². The minimum Gasteiger partial charge on any atom is -0.445 e. The summed E-state index contributed by atoms with van der Waals surface area (Å²) in [5, 5.41) is 3.44. The summed E-state index contributed by atoms with van der Waals surface area (Å²) in [6, 6.07) is 24.7. The van der Waals surface area contributed by atoms with Gasteiger partial charge in [0, 0.05) is 51.4 Å². The highest BCUT2D eigenvalue weighted by Gasteiger charge is 2.27. The molecule has 0 radical (unpaired) electrons. The summed E-state index contributed by atoms with van der Waals surface area (Å²) in [5.74, 6) is 0.00774. The fourth-order valence-corrected chi connectivity index (χ4v) is 7.92. The smallest absolute Gasteiger partial charge is 0.410 e. The van der Waals surface area contributed by atoms with E-state index in [4.69, 9.17) is 4.74 Å². The van der Waals surface area contributed by atoms with Gasteiger partial charge in [0.2, 0.25) is 10.0 Å². The van der Waals surface area contributed by atoms with Gasteiger partial charge in [-0.3, -0.25) is 4.79 Å². The molecule has 0 bridgehead atoms. The van der Waals surface area contributed by atoms with E-state index in [1.54, 1.807) is 19.2 Å². The number of hydrogen-bond acceptors (Lipinski definition) is 6. The highest BCUT2D eigenvalue weighted by molar-refractivity contribution is 7.89. The number of unbranched alkanes of at least 4 members (excludes halogenated alkanes) is 1. The maximum Gasteiger partial charge on any atom is 0.410 e. The van der Waals surface area contributed by atoms with Crippen LogP contribution in [-0.4, -0.2) is 86.9 Å². The number of fused-ring (bicyclic) bond motifs is 1. The molecule has 0 spiro atoms. The molecule has 1 aliphatic carbocycles. The lowest BCUT2D eigenvalue weighted by Gasteiger charge is -2.33. The number of hydrogen-bond donors (Lipinski definition) is 1. The molecule has 1 N–H and O–H groups in total. The first kappa shape index (κ1) is 35.6. The zero-order valence-electron chi connectivity index (χ0n) is 28.2. The van der Waals surface area contributed by atoms with Crippen LogP contribution in [0.15, 0.2) is 83.8 Å². The second kappa shape index (κ2) is 17.6. The number of sulfonamides is 1. The van der Waals surface area contributed by atoms with Gasteiger partial charge >= 0.3 is 6.09 Å². The molecule has 48 heavy (non-hydrogen) atoms. The summed E-state index contributed by atoms with van der Waals surface area (Å²) in [5.41, 5.74) is 3.73. The summed E-state index contributed by atoms with van der Waals surface area (Å²) < 4.78 is 34.0. The van der Waals surface area contributed by atoms with Crippen molar-refractivity contribution >= 4 is 22.0 Å². The van der Waals surface area contributed by atoms with E-state index < -0.39 is 10.0 Å². The maximum absolute atomic E-state index is 13.5. The van der Waals surface area contributed by atoms with Crippen LogP contribution in [0.2, 0.25) is 0 Å². The van der Waals surface area contributed by atoms with Crippen LogP contribution in [0.25, 0.3) is 0 Å². The third-order valence-electron chi connectivity index (χ3n) is 9.56. The first-order valence-electron chi connectivity index (χ1n) is 17.4. The molecule has 258 valence electrons. The van der Waals surface area contributed by atoms with Crippen LogP contribution in [-0.2, 0) is 34.2 Å². The largest absolute Gasteiger partial charge is 0.445 e. The summed E-state index contributed by atoms with van der Waals surface area (Å²) in [4.78, 5) is 30.1. The quantitative estimate of drug-likeness (QED) is 0.214. The van der Waals surface area contributed by atoms with Gasteiger partial charge in [-0.15, -0.1) is 0 Å². The molecule has 1 heterocycles. The van der Waals surface area contributed by atoms with Crippen LogP contribution in [0.3, 0.4) is 0 Å². The second-order valence-electron chi connectivity index (χ2n) is 12.9. The molecule has 2 amide bonds. The van der Waals surface area contributed by atoms with Gasteiger partial charge < -0.3 is 19.9 Å². The molecular weight excluding hydrogens is 625 g/mol. The number of benzene rings is 3. The van der Waals surface area contributed by atoms with Gasteiger partial charge in [-0.25, -0.2) is 17.5 Å². The molecule has 3 aromatic carbocycles. The van der Waals surface area contributed by atoms with E-state index in [1.807, 2.05) is 76.5 Å². The summed E-state index contributed by atoms with van der Waals surface area (Å²) in [6.45, 7) is 3.84. The molecule has 10 heteroatoms. The van der Waals surface area contributed by atoms with E-state index in [0.29, 0.717) is 56.0 Å². The van der Waals surface area contributed by atoms with Crippen LogP contribution < -0.4 is 5.32 Å². The third kappa shape index (κ3) is 9.67. The van der Waals surface area contributed by atoms with Crippen LogP contribution >= 0.6 is 0 Å². The van der Waals surface area contributed by atoms with E-state index in [-0.39, 0.29) is 24.6 Å². The van der Waals surface area contributed by atoms with Gasteiger partial charge in [0.25, 0.3) is 5.91 Å². The van der Waals surface area contributed by atoms with Gasteiger partial charge in [0.1, 0.15) is 6.61 Å². The van der Waals surface area contributed by atoms with Gasteiger partial charge in [0.15, 0.2) is 0 Å². The normalized spacial score (nSPS) is 15.5. The minimum atomic E-state index is -3.64. The summed E-state index contributed by atoms with van der Waals surface area (Å²) in [6.07, 6.45) is 8.11. The molecule has 2 aliphatic rings. The number of nitrogens with zero attached hydrogens (tertiary/aromatic N) is 3. The Kier molecular flexibility index (Phi) is 13.0. The topological polar surface area (TPSA) is 99.3 Å². The average Bonchev–Trinajstić information content (AvgIpc) is 3.35. The molecule has 0 atom stereocenters. The number of rotatable bonds is 14. The second-order valence-corrected chi connectivity index (χ2v) is 14.9. The van der Waals surface area contributed by atoms with Crippen LogP contribution in [0.1, 0.15) is 72.0 Å². The molecule has 3 aromatic rings. The Morgan fingerprint density at radius 2 is 1.52 bits per heavy atom. The molecule has 0 aromatic heterocycles. The van der Waals surface area contributed by atoms with Crippen LogP contribution in [0.4, 0.5) is 4.79 Å². The van der Waals surface area contributed by atoms with E-state index in [2.05, 4.69) is 5.32 Å². The average molecular weight is 675 g/mol. The minimum absolute atomic E-state index is 0.00774. The Bertz CT molecular complexity index is 1580. The SMILES string of the molecule is CN(CCCCNCCN(C(=O)OCc1ccccc1)C1CCCCC1)S(=O)(=O)c1ccc2c(c1)CCN(C(=O)c1ccccc1)CC2. The van der Waals surface area contributed by atoms with Gasteiger partial charge in [-0.1, -0.05) is 73.9 Å². The van der Waals surface area contributed by atoms with E-state index in [9.17, 15) is 18.0 Å². The molecular formula is C38H50N4O5S. The molecule has 0 unspecified atom stereocenters. The lowest BCUT2D eigenvalue weighted by atomic mass is 9.94. The van der Waals surface area contributed by atoms with Crippen LogP contribution in [0, 0.1) is 0 Å². The highest BCUT2D eigenvalue weighted by Crippen LogP contribution is 2.25. The predicted molar refractivity (Wildman–Crippen MR) is 188 cm³/mol. The van der Waals surface area contributed by atoms with Crippen molar-refractivity contribution in [1.29, 1.82) is 0 Å². The Morgan fingerprint density at radius 3 is 2.25 bits per heavy atom. The lowest BCUT2D eigenvalue weighted by molar-refractivity contribution is 0.0721. The fraction of sp³-hybridized carbons (Fsp3) is 0.474. The number of carbonyl (C=O) groups is 2. The van der Waals surface area contributed by atoms with Gasteiger partial charge in [0.05, 0.1) is 4.90 Å². The van der Waals surface area contributed by atoms with E-state index >= 15 is 0 Å². The summed E-state index contributed by atoms with van der Waals surface area (Å²) >= 11 is 0. The van der Waals surface area contributed by atoms with E-state index in [0.717, 1.165) is 61.8 Å². The number of nitrogens with one attached hydrogen (secondary N) is 1. The zero-order chi connectivity index (χ0) is 33.8. The Balaban J connectivity index is 1.05. The standard InChI is InChI=1S/C38H50N4O5S/c1-40(48(45,46)36-20-19-32-21-26-41(27-22-34(32)29-36)37(43)33-15-7-3-8-16-33)25-12-11-23-39-24-28-42(35-17-9-4-10-18-35)38(44)47-30-31-13-5-2-6-14-31/h2-3,5-8,13-16,19-20,29,35,39H,4,9-12,17-18,21-28,30H2,1H3. The van der Waals surface area contributed by atoms with Crippen molar-refractivity contribution in [2.75, 3.05) is 46.3 Å². The Labute approximate surface area is 286 Å². The number of ether oxygens (including phenoxy) is 1. The third-order valence-corrected chi connectivity index (χ3v) is 11.4. The van der Waals surface area contributed by atoms with Crippen molar-refractivity contribution in [3.63, 3.8) is 0 Å². The van der Waals surface area contributed by atoms with Crippen molar-refractivity contribution in [1.82, 2.24) is 19.4 Å². The Morgan fingerprint density at radius 1 is 0.833 bits per heavy atom. The molecule has 9 nitrogen and oxygen atoms in total. The van der Waals surface area contributed by atoms with Crippen molar-refractivity contribution in [3.8, 4) is 0 Å². The molecule has 1 fully saturated rings. The van der Waals surface area contributed by atoms with Crippen molar-refractivity contribution in [2.45, 2.75) is 75.3 Å². The van der Waals surface area contributed by atoms with Crippen LogP contribution in [0.5, 0.6) is 0 Å². The molecule has 0 saturated heterocycles. The number of carbonyl (C=O) groups excluding carboxylic acids is 2. The van der Waals surface area contributed by atoms with Crippen molar-refractivity contribution in [3.05, 3.63) is 101 Å². The predicted octanol–water partition coefficient (Wildman–Crippen LogP) is 5.89. The lowest BCUT2D eigenvalue weighted by Crippen LogP contribution is -2.45. The molecule has 1 saturated carbocycles. The molecule has 5 rings (SSSR count). The zero-order valence-corrected chi connectivity index (χ0v) is 29.0. The Hall–Kier alpha value is -3.73. The first-order valence-corrected chi connectivity index (χ1v) is 18.9.